The van der Waals surface area contributed by atoms with Crippen molar-refractivity contribution in [2.75, 3.05) is 32.8 Å². The van der Waals surface area contributed by atoms with Crippen molar-refractivity contribution in [1.82, 2.24) is 9.80 Å². The van der Waals surface area contributed by atoms with Gasteiger partial charge in [0.2, 0.25) is 0 Å². The molecule has 1 aromatic heterocycles. The molecule has 126 valence electrons. The fourth-order valence-electron chi connectivity index (χ4n) is 3.44. The van der Waals surface area contributed by atoms with E-state index in [1.54, 1.807) is 0 Å². The van der Waals surface area contributed by atoms with Crippen LogP contribution in [0.1, 0.15) is 44.6 Å². The van der Waals surface area contributed by atoms with E-state index in [1.165, 1.54) is 19.4 Å². The first-order chi connectivity index (χ1) is 10.7. The first-order valence-corrected chi connectivity index (χ1v) is 8.78. The van der Waals surface area contributed by atoms with Gasteiger partial charge in [0.15, 0.2) is 0 Å². The Labute approximate surface area is 135 Å². The molecule has 0 saturated carbocycles. The molecule has 1 aliphatic heterocycles. The second-order valence-electron chi connectivity index (χ2n) is 6.59. The number of furan rings is 1. The van der Waals surface area contributed by atoms with Crippen molar-refractivity contribution in [3.05, 3.63) is 23.7 Å². The van der Waals surface area contributed by atoms with Crippen LogP contribution in [-0.2, 0) is 6.54 Å². The molecule has 0 aliphatic carbocycles. The highest BCUT2D eigenvalue weighted by molar-refractivity contribution is 5.06. The van der Waals surface area contributed by atoms with Gasteiger partial charge in [0, 0.05) is 38.8 Å². The summed E-state index contributed by atoms with van der Waals surface area (Å²) in [7, 11) is 0. The largest absolute Gasteiger partial charge is 0.465 e. The van der Waals surface area contributed by atoms with Gasteiger partial charge < -0.3 is 14.4 Å². The van der Waals surface area contributed by atoms with E-state index in [-0.39, 0.29) is 6.61 Å². The summed E-state index contributed by atoms with van der Waals surface area (Å²) >= 11 is 0. The normalized spacial score (nSPS) is 20.9. The summed E-state index contributed by atoms with van der Waals surface area (Å²) in [6.07, 6.45) is 3.36. The third-order valence-corrected chi connectivity index (χ3v) is 4.98. The van der Waals surface area contributed by atoms with Crippen LogP contribution in [0.25, 0.3) is 0 Å². The standard InChI is InChI=1S/C18H32N2O2/c1-4-16(5-2)12-19-9-10-20(17(13-19)8-11-21)14-18-7-6-15(3)22-18/h6-7,16-17,21H,4-5,8-14H2,1-3H3/t17-/m1/s1. The van der Waals surface area contributed by atoms with Crippen LogP contribution >= 0.6 is 0 Å². The quantitative estimate of drug-likeness (QED) is 0.801. The summed E-state index contributed by atoms with van der Waals surface area (Å²) in [5.74, 6) is 2.81. The lowest BCUT2D eigenvalue weighted by Crippen LogP contribution is -2.53. The molecule has 1 saturated heterocycles. The van der Waals surface area contributed by atoms with E-state index in [0.717, 1.165) is 50.0 Å². The molecule has 22 heavy (non-hydrogen) atoms. The zero-order valence-corrected chi connectivity index (χ0v) is 14.4. The molecular weight excluding hydrogens is 276 g/mol. The third-order valence-electron chi connectivity index (χ3n) is 4.98. The van der Waals surface area contributed by atoms with Crippen molar-refractivity contribution >= 4 is 0 Å². The Hall–Kier alpha value is -0.840. The maximum atomic E-state index is 9.40. The molecule has 0 amide bonds. The topological polar surface area (TPSA) is 39.9 Å². The molecule has 2 rings (SSSR count). The number of aliphatic hydroxyl groups is 1. The van der Waals surface area contributed by atoms with Crippen LogP contribution < -0.4 is 0 Å². The minimum Gasteiger partial charge on any atom is -0.465 e. The van der Waals surface area contributed by atoms with E-state index >= 15 is 0 Å². The van der Waals surface area contributed by atoms with Gasteiger partial charge >= 0.3 is 0 Å². The van der Waals surface area contributed by atoms with Gasteiger partial charge in [0.1, 0.15) is 11.5 Å². The monoisotopic (exact) mass is 308 g/mol. The van der Waals surface area contributed by atoms with Crippen LogP contribution in [0, 0.1) is 12.8 Å². The first-order valence-electron chi connectivity index (χ1n) is 8.78. The van der Waals surface area contributed by atoms with Gasteiger partial charge in [-0.25, -0.2) is 0 Å². The Bertz CT molecular complexity index is 428. The second-order valence-corrected chi connectivity index (χ2v) is 6.59. The van der Waals surface area contributed by atoms with Crippen LogP contribution in [0.4, 0.5) is 0 Å². The van der Waals surface area contributed by atoms with Gasteiger partial charge in [-0.05, 0) is 31.4 Å². The number of aryl methyl sites for hydroxylation is 1. The van der Waals surface area contributed by atoms with Gasteiger partial charge in [0.25, 0.3) is 0 Å². The Morgan fingerprint density at radius 2 is 2.05 bits per heavy atom. The smallest absolute Gasteiger partial charge is 0.118 e. The van der Waals surface area contributed by atoms with Gasteiger partial charge in [-0.3, -0.25) is 4.90 Å². The van der Waals surface area contributed by atoms with Gasteiger partial charge in [-0.2, -0.15) is 0 Å². The van der Waals surface area contributed by atoms with Crippen molar-refractivity contribution in [3.8, 4) is 0 Å². The lowest BCUT2D eigenvalue weighted by atomic mass is 10.0. The average Bonchev–Trinajstić information content (AvgIpc) is 2.92. The lowest BCUT2D eigenvalue weighted by molar-refractivity contribution is 0.0410. The minimum absolute atomic E-state index is 0.261. The molecule has 0 bridgehead atoms. The van der Waals surface area contributed by atoms with E-state index in [0.29, 0.717) is 6.04 Å². The van der Waals surface area contributed by atoms with Crippen molar-refractivity contribution in [3.63, 3.8) is 0 Å². The fourth-order valence-corrected chi connectivity index (χ4v) is 3.44. The van der Waals surface area contributed by atoms with Gasteiger partial charge in [-0.15, -0.1) is 0 Å². The van der Waals surface area contributed by atoms with Gasteiger partial charge in [0.05, 0.1) is 6.54 Å². The van der Waals surface area contributed by atoms with Crippen LogP contribution in [0.2, 0.25) is 0 Å². The molecule has 4 heteroatoms. The summed E-state index contributed by atoms with van der Waals surface area (Å²) in [6, 6.07) is 4.53. The molecule has 0 aromatic carbocycles. The molecule has 1 fully saturated rings. The number of rotatable bonds is 8. The zero-order valence-electron chi connectivity index (χ0n) is 14.4. The Balaban J connectivity index is 1.92. The number of hydrogen-bond acceptors (Lipinski definition) is 4. The van der Waals surface area contributed by atoms with E-state index in [9.17, 15) is 5.11 Å². The van der Waals surface area contributed by atoms with Crippen molar-refractivity contribution in [2.24, 2.45) is 5.92 Å². The zero-order chi connectivity index (χ0) is 15.9. The van der Waals surface area contributed by atoms with Crippen LogP contribution in [0.15, 0.2) is 16.5 Å². The molecule has 0 spiro atoms. The maximum Gasteiger partial charge on any atom is 0.118 e. The molecule has 0 radical (unpaired) electrons. The van der Waals surface area contributed by atoms with Crippen LogP contribution in [-0.4, -0.2) is 53.7 Å². The summed E-state index contributed by atoms with van der Waals surface area (Å²) in [5.41, 5.74) is 0. The van der Waals surface area contributed by atoms with E-state index in [1.807, 2.05) is 13.0 Å². The highest BCUT2D eigenvalue weighted by Crippen LogP contribution is 2.20. The predicted molar refractivity (Wildman–Crippen MR) is 89.9 cm³/mol. The van der Waals surface area contributed by atoms with E-state index in [4.69, 9.17) is 4.42 Å². The molecular formula is C18H32N2O2. The molecule has 1 atom stereocenters. The van der Waals surface area contributed by atoms with E-state index in [2.05, 4.69) is 29.7 Å². The third kappa shape index (κ3) is 4.83. The number of aliphatic hydroxyl groups excluding tert-OH is 1. The first kappa shape index (κ1) is 17.5. The summed E-state index contributed by atoms with van der Waals surface area (Å²) in [4.78, 5) is 5.06. The Kier molecular flexibility index (Phi) is 6.93. The van der Waals surface area contributed by atoms with Crippen LogP contribution in [0.5, 0.6) is 0 Å². The number of piperazine rings is 1. The molecule has 1 N–H and O–H groups in total. The summed E-state index contributed by atoms with van der Waals surface area (Å²) in [6.45, 7) is 12.1. The lowest BCUT2D eigenvalue weighted by Gasteiger charge is -2.42. The molecule has 1 aromatic rings. The van der Waals surface area contributed by atoms with Gasteiger partial charge in [-0.1, -0.05) is 26.7 Å². The van der Waals surface area contributed by atoms with Crippen molar-refractivity contribution in [1.29, 1.82) is 0 Å². The molecule has 0 unspecified atom stereocenters. The second kappa shape index (κ2) is 8.70. The van der Waals surface area contributed by atoms with E-state index < -0.39 is 0 Å². The summed E-state index contributed by atoms with van der Waals surface area (Å²) in [5, 5.41) is 9.40. The maximum absolute atomic E-state index is 9.40. The molecule has 2 heterocycles. The number of hydrogen-bond donors (Lipinski definition) is 1. The predicted octanol–water partition coefficient (Wildman–Crippen LogP) is 2.89. The average molecular weight is 308 g/mol. The number of nitrogens with zero attached hydrogens (tertiary/aromatic N) is 2. The molecule has 1 aliphatic rings. The SMILES string of the molecule is CCC(CC)CN1CCN(Cc2ccc(C)o2)[C@H](CCO)C1. The fraction of sp³-hybridized carbons (Fsp3) is 0.778. The highest BCUT2D eigenvalue weighted by atomic mass is 16.3. The minimum atomic E-state index is 0.261. The highest BCUT2D eigenvalue weighted by Gasteiger charge is 2.28. The van der Waals surface area contributed by atoms with Crippen LogP contribution in [0.3, 0.4) is 0 Å². The molecule has 4 nitrogen and oxygen atoms in total. The van der Waals surface area contributed by atoms with Crippen molar-refractivity contribution < 1.29 is 9.52 Å². The van der Waals surface area contributed by atoms with Crippen molar-refractivity contribution in [2.45, 2.75) is 52.6 Å². The Morgan fingerprint density at radius 3 is 2.64 bits per heavy atom. The summed E-state index contributed by atoms with van der Waals surface area (Å²) < 4.78 is 5.72. The Morgan fingerprint density at radius 1 is 1.27 bits per heavy atom.